The van der Waals surface area contributed by atoms with E-state index in [1.165, 1.54) is 47.8 Å². The molecule has 0 radical (unpaired) electrons. The molecule has 0 amide bonds. The molecular weight excluding hydrogens is 278 g/mol. The Bertz CT molecular complexity index is 422. The molecule has 21 heavy (non-hydrogen) atoms. The predicted molar refractivity (Wildman–Crippen MR) is 93.3 cm³/mol. The summed E-state index contributed by atoms with van der Waals surface area (Å²) in [6, 6.07) is 0.700. The van der Waals surface area contributed by atoms with E-state index in [0.29, 0.717) is 12.0 Å². The highest BCUT2D eigenvalue weighted by Crippen LogP contribution is 2.31. The van der Waals surface area contributed by atoms with Crippen LogP contribution >= 0.6 is 11.3 Å². The van der Waals surface area contributed by atoms with Crippen LogP contribution in [0.25, 0.3) is 0 Å². The molecule has 2 rings (SSSR count). The van der Waals surface area contributed by atoms with Gasteiger partial charge in [-0.25, -0.2) is 4.98 Å². The van der Waals surface area contributed by atoms with Crippen LogP contribution in [0.15, 0.2) is 0 Å². The summed E-state index contributed by atoms with van der Waals surface area (Å²) in [5.74, 6) is 0.701. The van der Waals surface area contributed by atoms with Gasteiger partial charge in [0.15, 0.2) is 5.13 Å². The summed E-state index contributed by atoms with van der Waals surface area (Å²) < 4.78 is 0. The highest BCUT2D eigenvalue weighted by molar-refractivity contribution is 7.15. The first kappa shape index (κ1) is 16.8. The van der Waals surface area contributed by atoms with E-state index in [1.807, 2.05) is 11.3 Å². The third kappa shape index (κ3) is 4.68. The van der Waals surface area contributed by atoms with Crippen LogP contribution in [-0.4, -0.2) is 24.6 Å². The molecule has 1 aromatic rings. The number of hydrogen-bond acceptors (Lipinski definition) is 4. The lowest BCUT2D eigenvalue weighted by atomic mass is 9.95. The van der Waals surface area contributed by atoms with Gasteiger partial charge in [-0.05, 0) is 31.7 Å². The van der Waals surface area contributed by atoms with Crippen molar-refractivity contribution in [2.75, 3.05) is 18.5 Å². The van der Waals surface area contributed by atoms with Crippen molar-refractivity contribution >= 4 is 16.5 Å². The van der Waals surface area contributed by atoms with Gasteiger partial charge < -0.3 is 10.2 Å². The number of anilines is 1. The Hall–Kier alpha value is -0.610. The molecule has 3 nitrogen and oxygen atoms in total. The number of rotatable bonds is 7. The number of aryl methyl sites for hydroxylation is 1. The zero-order chi connectivity index (χ0) is 15.2. The fraction of sp³-hybridized carbons (Fsp3) is 0.824. The fourth-order valence-corrected chi connectivity index (χ4v) is 4.19. The van der Waals surface area contributed by atoms with Gasteiger partial charge in [0.2, 0.25) is 0 Å². The molecule has 1 heterocycles. The van der Waals surface area contributed by atoms with Crippen molar-refractivity contribution in [1.29, 1.82) is 0 Å². The molecule has 0 spiro atoms. The second-order valence-electron chi connectivity index (χ2n) is 6.65. The maximum atomic E-state index is 4.91. The first-order valence-electron chi connectivity index (χ1n) is 8.54. The lowest BCUT2D eigenvalue weighted by molar-refractivity contribution is 0.427. The highest BCUT2D eigenvalue weighted by atomic mass is 32.1. The summed E-state index contributed by atoms with van der Waals surface area (Å²) in [7, 11) is 2.24. The molecule has 0 aliphatic heterocycles. The van der Waals surface area contributed by atoms with Crippen molar-refractivity contribution in [2.45, 2.75) is 71.9 Å². The van der Waals surface area contributed by atoms with Crippen LogP contribution in [0.3, 0.4) is 0 Å². The molecule has 1 N–H and O–H groups in total. The topological polar surface area (TPSA) is 28.2 Å². The zero-order valence-corrected chi connectivity index (χ0v) is 14.9. The first-order chi connectivity index (χ1) is 10.1. The highest BCUT2D eigenvalue weighted by Gasteiger charge is 2.21. The van der Waals surface area contributed by atoms with E-state index in [4.69, 9.17) is 4.98 Å². The van der Waals surface area contributed by atoms with Crippen molar-refractivity contribution in [3.63, 3.8) is 0 Å². The van der Waals surface area contributed by atoms with Gasteiger partial charge in [0, 0.05) is 24.5 Å². The number of hydrogen-bond donors (Lipinski definition) is 1. The van der Waals surface area contributed by atoms with E-state index >= 15 is 0 Å². The van der Waals surface area contributed by atoms with Crippen LogP contribution in [0.2, 0.25) is 0 Å². The summed E-state index contributed by atoms with van der Waals surface area (Å²) in [4.78, 5) is 8.77. The van der Waals surface area contributed by atoms with E-state index in [0.717, 1.165) is 19.5 Å². The van der Waals surface area contributed by atoms with Gasteiger partial charge in [0.05, 0.1) is 5.69 Å². The maximum Gasteiger partial charge on any atom is 0.185 e. The fourth-order valence-electron chi connectivity index (χ4n) is 3.03. The Balaban J connectivity index is 2.01. The minimum Gasteiger partial charge on any atom is -0.348 e. The van der Waals surface area contributed by atoms with Gasteiger partial charge >= 0.3 is 0 Å². The Labute approximate surface area is 134 Å². The van der Waals surface area contributed by atoms with Gasteiger partial charge in [-0.15, -0.1) is 11.3 Å². The number of thiazole rings is 1. The zero-order valence-electron chi connectivity index (χ0n) is 14.1. The molecule has 0 bridgehead atoms. The van der Waals surface area contributed by atoms with Crippen LogP contribution in [0.4, 0.5) is 5.13 Å². The average molecular weight is 310 g/mol. The Morgan fingerprint density at radius 3 is 2.62 bits per heavy atom. The van der Waals surface area contributed by atoms with Crippen molar-refractivity contribution in [3.8, 4) is 0 Å². The lowest BCUT2D eigenvalue weighted by Gasteiger charge is -2.30. The summed E-state index contributed by atoms with van der Waals surface area (Å²) in [5.41, 5.74) is 1.29. The largest absolute Gasteiger partial charge is 0.348 e. The van der Waals surface area contributed by atoms with E-state index < -0.39 is 0 Å². The molecule has 0 saturated heterocycles. The molecule has 120 valence electrons. The van der Waals surface area contributed by atoms with E-state index in [9.17, 15) is 0 Å². The van der Waals surface area contributed by atoms with Crippen LogP contribution < -0.4 is 10.2 Å². The molecule has 4 heteroatoms. The Morgan fingerprint density at radius 1 is 1.29 bits per heavy atom. The quantitative estimate of drug-likeness (QED) is 0.817. The molecule has 1 fully saturated rings. The number of aromatic nitrogens is 1. The molecular formula is C17H31N3S. The number of nitrogens with zero attached hydrogens (tertiary/aromatic N) is 2. The SMILES string of the molecule is CCc1nc(N(C)C2CCCCC2)sc1CNCC(C)C. The third-order valence-electron chi connectivity index (χ3n) is 4.36. The smallest absolute Gasteiger partial charge is 0.185 e. The minimum atomic E-state index is 0.700. The van der Waals surface area contributed by atoms with Crippen LogP contribution in [0, 0.1) is 5.92 Å². The van der Waals surface area contributed by atoms with Gasteiger partial charge in [-0.3, -0.25) is 0 Å². The van der Waals surface area contributed by atoms with E-state index in [1.54, 1.807) is 0 Å². The molecule has 1 saturated carbocycles. The third-order valence-corrected chi connectivity index (χ3v) is 5.55. The summed E-state index contributed by atoms with van der Waals surface area (Å²) in [5, 5.41) is 4.78. The average Bonchev–Trinajstić information content (AvgIpc) is 2.90. The van der Waals surface area contributed by atoms with E-state index in [-0.39, 0.29) is 0 Å². The van der Waals surface area contributed by atoms with E-state index in [2.05, 4.69) is 38.0 Å². The van der Waals surface area contributed by atoms with Gasteiger partial charge in [0.25, 0.3) is 0 Å². The number of nitrogens with one attached hydrogen (secondary N) is 1. The second kappa shape index (κ2) is 8.14. The van der Waals surface area contributed by atoms with Crippen molar-refractivity contribution in [2.24, 2.45) is 5.92 Å². The molecule has 0 aromatic carbocycles. The molecule has 0 unspecified atom stereocenters. The monoisotopic (exact) mass is 309 g/mol. The van der Waals surface area contributed by atoms with Gasteiger partial charge in [-0.1, -0.05) is 40.0 Å². The van der Waals surface area contributed by atoms with Gasteiger partial charge in [-0.2, -0.15) is 0 Å². The summed E-state index contributed by atoms with van der Waals surface area (Å²) in [6.07, 6.45) is 7.87. The lowest BCUT2D eigenvalue weighted by Crippen LogP contribution is -2.33. The van der Waals surface area contributed by atoms with Crippen LogP contribution in [0.1, 0.15) is 63.4 Å². The van der Waals surface area contributed by atoms with Crippen LogP contribution in [-0.2, 0) is 13.0 Å². The molecule has 1 aliphatic carbocycles. The van der Waals surface area contributed by atoms with Crippen LogP contribution in [0.5, 0.6) is 0 Å². The first-order valence-corrected chi connectivity index (χ1v) is 9.35. The summed E-state index contributed by atoms with van der Waals surface area (Å²) in [6.45, 7) is 8.77. The molecule has 1 aliphatic rings. The second-order valence-corrected chi connectivity index (χ2v) is 7.71. The normalized spacial score (nSPS) is 16.6. The maximum absolute atomic E-state index is 4.91. The standard InChI is InChI=1S/C17H31N3S/c1-5-15-16(12-18-11-13(2)3)21-17(19-15)20(4)14-9-7-6-8-10-14/h13-14,18H,5-12H2,1-4H3. The Kier molecular flexibility index (Phi) is 6.49. The Morgan fingerprint density at radius 2 is 2.00 bits per heavy atom. The molecule has 0 atom stereocenters. The van der Waals surface area contributed by atoms with Crippen molar-refractivity contribution in [1.82, 2.24) is 10.3 Å². The molecule has 1 aromatic heterocycles. The van der Waals surface area contributed by atoms with Crippen molar-refractivity contribution in [3.05, 3.63) is 10.6 Å². The minimum absolute atomic E-state index is 0.700. The predicted octanol–water partition coefficient (Wildman–Crippen LogP) is 4.22. The summed E-state index contributed by atoms with van der Waals surface area (Å²) >= 11 is 1.89. The van der Waals surface area contributed by atoms with Gasteiger partial charge in [0.1, 0.15) is 0 Å². The van der Waals surface area contributed by atoms with Crippen molar-refractivity contribution < 1.29 is 0 Å².